The SMILES string of the molecule is Cc1cc(Cl)ccc1C(NN)c1cccc(OC(C)C)c1. The van der Waals surface area contributed by atoms with Gasteiger partial charge in [0.25, 0.3) is 0 Å². The summed E-state index contributed by atoms with van der Waals surface area (Å²) >= 11 is 6.02. The highest BCUT2D eigenvalue weighted by molar-refractivity contribution is 6.30. The molecule has 0 saturated heterocycles. The molecule has 0 amide bonds. The molecule has 3 nitrogen and oxygen atoms in total. The van der Waals surface area contributed by atoms with E-state index in [1.54, 1.807) is 0 Å². The number of halogens is 1. The highest BCUT2D eigenvalue weighted by Gasteiger charge is 2.15. The largest absolute Gasteiger partial charge is 0.491 e. The third-order valence-corrected chi connectivity index (χ3v) is 3.51. The minimum atomic E-state index is -0.0991. The Bertz CT molecular complexity index is 613. The molecule has 2 rings (SSSR count). The first-order chi connectivity index (χ1) is 10.0. The molecule has 4 heteroatoms. The van der Waals surface area contributed by atoms with Crippen LogP contribution in [-0.2, 0) is 0 Å². The Balaban J connectivity index is 2.37. The first-order valence-corrected chi connectivity index (χ1v) is 7.38. The van der Waals surface area contributed by atoms with Crippen LogP contribution in [0.3, 0.4) is 0 Å². The first kappa shape index (κ1) is 15.8. The van der Waals surface area contributed by atoms with Crippen molar-refractivity contribution in [3.63, 3.8) is 0 Å². The summed E-state index contributed by atoms with van der Waals surface area (Å²) in [6.45, 7) is 6.05. The predicted molar refractivity (Wildman–Crippen MR) is 87.6 cm³/mol. The molecule has 2 aromatic rings. The summed E-state index contributed by atoms with van der Waals surface area (Å²) in [5, 5.41) is 0.726. The van der Waals surface area contributed by atoms with Gasteiger partial charge in [-0.2, -0.15) is 0 Å². The molecule has 0 saturated carbocycles. The normalized spacial score (nSPS) is 12.5. The second-order valence-corrected chi connectivity index (χ2v) is 5.78. The Hall–Kier alpha value is -1.55. The molecule has 0 aliphatic rings. The summed E-state index contributed by atoms with van der Waals surface area (Å²) in [4.78, 5) is 0. The molecule has 21 heavy (non-hydrogen) atoms. The summed E-state index contributed by atoms with van der Waals surface area (Å²) in [7, 11) is 0. The van der Waals surface area contributed by atoms with Gasteiger partial charge in [0, 0.05) is 5.02 Å². The van der Waals surface area contributed by atoms with Crippen LogP contribution in [0.5, 0.6) is 5.75 Å². The fraction of sp³-hybridized carbons (Fsp3) is 0.294. The number of aryl methyl sites for hydroxylation is 1. The molecular formula is C17H21ClN2O. The van der Waals surface area contributed by atoms with Gasteiger partial charge >= 0.3 is 0 Å². The summed E-state index contributed by atoms with van der Waals surface area (Å²) in [6, 6.07) is 13.7. The van der Waals surface area contributed by atoms with Crippen molar-refractivity contribution in [2.45, 2.75) is 32.9 Å². The number of nitrogens with one attached hydrogen (secondary N) is 1. The van der Waals surface area contributed by atoms with Crippen molar-refractivity contribution in [1.29, 1.82) is 0 Å². The molecule has 0 fully saturated rings. The molecule has 1 atom stereocenters. The maximum Gasteiger partial charge on any atom is 0.120 e. The van der Waals surface area contributed by atoms with E-state index in [-0.39, 0.29) is 12.1 Å². The summed E-state index contributed by atoms with van der Waals surface area (Å²) < 4.78 is 5.75. The van der Waals surface area contributed by atoms with Crippen LogP contribution in [0.2, 0.25) is 5.02 Å². The van der Waals surface area contributed by atoms with Gasteiger partial charge in [-0.1, -0.05) is 29.8 Å². The van der Waals surface area contributed by atoms with E-state index in [0.717, 1.165) is 27.5 Å². The number of hydrogen-bond donors (Lipinski definition) is 2. The molecule has 3 N–H and O–H groups in total. The van der Waals surface area contributed by atoms with Crippen LogP contribution in [0.4, 0.5) is 0 Å². The summed E-state index contributed by atoms with van der Waals surface area (Å²) in [5.74, 6) is 6.61. The van der Waals surface area contributed by atoms with Gasteiger partial charge in [0.2, 0.25) is 0 Å². The van der Waals surface area contributed by atoms with Crippen molar-refractivity contribution in [1.82, 2.24) is 5.43 Å². The van der Waals surface area contributed by atoms with Crippen molar-refractivity contribution >= 4 is 11.6 Å². The number of nitrogens with two attached hydrogens (primary N) is 1. The van der Waals surface area contributed by atoms with E-state index >= 15 is 0 Å². The Morgan fingerprint density at radius 3 is 2.52 bits per heavy atom. The van der Waals surface area contributed by atoms with Crippen LogP contribution in [0.1, 0.15) is 36.6 Å². The molecule has 0 radical (unpaired) electrons. The van der Waals surface area contributed by atoms with Gasteiger partial charge < -0.3 is 4.74 Å². The zero-order valence-electron chi connectivity index (χ0n) is 12.6. The monoisotopic (exact) mass is 304 g/mol. The lowest BCUT2D eigenvalue weighted by Crippen LogP contribution is -2.29. The Kier molecular flexibility index (Phi) is 5.23. The Morgan fingerprint density at radius 2 is 1.90 bits per heavy atom. The molecule has 2 aromatic carbocycles. The number of hydrogen-bond acceptors (Lipinski definition) is 3. The third kappa shape index (κ3) is 3.97. The van der Waals surface area contributed by atoms with E-state index in [9.17, 15) is 0 Å². The Morgan fingerprint density at radius 1 is 1.14 bits per heavy atom. The zero-order chi connectivity index (χ0) is 15.4. The van der Waals surface area contributed by atoms with Gasteiger partial charge in [-0.3, -0.25) is 5.84 Å². The molecule has 0 aromatic heterocycles. The van der Waals surface area contributed by atoms with Crippen LogP contribution in [0.15, 0.2) is 42.5 Å². The van der Waals surface area contributed by atoms with E-state index in [1.165, 1.54) is 0 Å². The van der Waals surface area contributed by atoms with Crippen molar-refractivity contribution in [3.05, 3.63) is 64.2 Å². The van der Waals surface area contributed by atoms with Gasteiger partial charge in [-0.15, -0.1) is 0 Å². The minimum absolute atomic E-state index is 0.0991. The number of rotatable bonds is 5. The lowest BCUT2D eigenvalue weighted by Gasteiger charge is -2.20. The van der Waals surface area contributed by atoms with Crippen molar-refractivity contribution < 1.29 is 4.74 Å². The third-order valence-electron chi connectivity index (χ3n) is 3.27. The van der Waals surface area contributed by atoms with Crippen LogP contribution < -0.4 is 16.0 Å². The van der Waals surface area contributed by atoms with Gasteiger partial charge in [0.15, 0.2) is 0 Å². The molecule has 0 aliphatic heterocycles. The minimum Gasteiger partial charge on any atom is -0.491 e. The quantitative estimate of drug-likeness (QED) is 0.648. The van der Waals surface area contributed by atoms with Crippen molar-refractivity contribution in [2.75, 3.05) is 0 Å². The number of hydrazine groups is 1. The fourth-order valence-electron chi connectivity index (χ4n) is 2.37. The second-order valence-electron chi connectivity index (χ2n) is 5.34. The Labute approximate surface area is 131 Å². The molecule has 0 heterocycles. The summed E-state index contributed by atoms with van der Waals surface area (Å²) in [6.07, 6.45) is 0.141. The van der Waals surface area contributed by atoms with Gasteiger partial charge in [-0.25, -0.2) is 5.43 Å². The van der Waals surface area contributed by atoms with Gasteiger partial charge in [0.1, 0.15) is 5.75 Å². The van der Waals surface area contributed by atoms with E-state index in [2.05, 4.69) is 5.43 Å². The van der Waals surface area contributed by atoms with E-state index in [4.69, 9.17) is 22.2 Å². The van der Waals surface area contributed by atoms with Crippen LogP contribution >= 0.6 is 11.6 Å². The number of ether oxygens (including phenoxy) is 1. The van der Waals surface area contributed by atoms with E-state index < -0.39 is 0 Å². The van der Waals surface area contributed by atoms with Crippen molar-refractivity contribution in [3.8, 4) is 5.75 Å². The number of benzene rings is 2. The molecule has 0 bridgehead atoms. The zero-order valence-corrected chi connectivity index (χ0v) is 13.3. The van der Waals surface area contributed by atoms with Crippen LogP contribution in [0, 0.1) is 6.92 Å². The average Bonchev–Trinajstić information content (AvgIpc) is 2.41. The second kappa shape index (κ2) is 6.94. The fourth-order valence-corrected chi connectivity index (χ4v) is 2.59. The van der Waals surface area contributed by atoms with Crippen molar-refractivity contribution in [2.24, 2.45) is 5.84 Å². The molecular weight excluding hydrogens is 284 g/mol. The first-order valence-electron chi connectivity index (χ1n) is 7.00. The molecule has 0 spiro atoms. The molecule has 112 valence electrons. The van der Waals surface area contributed by atoms with Gasteiger partial charge in [-0.05, 0) is 61.7 Å². The average molecular weight is 305 g/mol. The highest BCUT2D eigenvalue weighted by atomic mass is 35.5. The van der Waals surface area contributed by atoms with Crippen LogP contribution in [-0.4, -0.2) is 6.10 Å². The standard InChI is InChI=1S/C17H21ClN2O/c1-11(2)21-15-6-4-5-13(10-15)17(20-19)16-8-7-14(18)9-12(16)3/h4-11,17,20H,19H2,1-3H3. The highest BCUT2D eigenvalue weighted by Crippen LogP contribution is 2.28. The summed E-state index contributed by atoms with van der Waals surface area (Å²) in [5.41, 5.74) is 6.13. The predicted octanol–water partition coefficient (Wildman–Crippen LogP) is 3.99. The van der Waals surface area contributed by atoms with Gasteiger partial charge in [0.05, 0.1) is 12.1 Å². The molecule has 1 unspecified atom stereocenters. The topological polar surface area (TPSA) is 47.3 Å². The lowest BCUT2D eigenvalue weighted by molar-refractivity contribution is 0.242. The lowest BCUT2D eigenvalue weighted by atomic mass is 9.95. The molecule has 0 aliphatic carbocycles. The van der Waals surface area contributed by atoms with E-state index in [0.29, 0.717) is 0 Å². The maximum absolute atomic E-state index is 6.02. The van der Waals surface area contributed by atoms with Crippen LogP contribution in [0.25, 0.3) is 0 Å². The smallest absolute Gasteiger partial charge is 0.120 e. The van der Waals surface area contributed by atoms with E-state index in [1.807, 2.05) is 63.2 Å². The maximum atomic E-state index is 6.02.